The maximum atomic E-state index is 8.82. The van der Waals surface area contributed by atoms with Crippen molar-refractivity contribution in [2.45, 2.75) is 12.5 Å². The Morgan fingerprint density at radius 3 is 3.06 bits per heavy atom. The van der Waals surface area contributed by atoms with Crippen molar-refractivity contribution in [2.24, 2.45) is 0 Å². The molecular formula is C14H15N3O. The summed E-state index contributed by atoms with van der Waals surface area (Å²) in [5.41, 5.74) is 0.917. The van der Waals surface area contributed by atoms with E-state index in [0.29, 0.717) is 13.0 Å². The van der Waals surface area contributed by atoms with Crippen LogP contribution in [0.25, 0.3) is 10.9 Å². The second kappa shape index (κ2) is 5.99. The lowest BCUT2D eigenvalue weighted by atomic mass is 10.2. The van der Waals surface area contributed by atoms with Gasteiger partial charge in [-0.25, -0.2) is 0 Å². The lowest BCUT2D eigenvalue weighted by molar-refractivity contribution is 0.303. The summed E-state index contributed by atoms with van der Waals surface area (Å²) in [5.74, 6) is 0.813. The van der Waals surface area contributed by atoms with Crippen LogP contribution in [-0.2, 0) is 0 Å². The van der Waals surface area contributed by atoms with Crippen LogP contribution in [0.15, 0.2) is 36.5 Å². The standard InChI is InChI=1S/C14H15N3O/c1-16-11(10-15)7-9-18-14-6-2-5-13-12(14)4-3-8-17-13/h2-6,8,11,16H,7,9H2,1H3. The third kappa shape index (κ3) is 2.76. The van der Waals surface area contributed by atoms with Crippen molar-refractivity contribution in [1.82, 2.24) is 10.3 Å². The van der Waals surface area contributed by atoms with Crippen LogP contribution in [0.1, 0.15) is 6.42 Å². The highest BCUT2D eigenvalue weighted by atomic mass is 16.5. The molecule has 4 heteroatoms. The molecule has 0 saturated heterocycles. The number of nitriles is 1. The van der Waals surface area contributed by atoms with Crippen molar-refractivity contribution < 1.29 is 4.74 Å². The molecule has 1 aromatic carbocycles. The average Bonchev–Trinajstić information content (AvgIpc) is 2.44. The van der Waals surface area contributed by atoms with Gasteiger partial charge in [0.1, 0.15) is 5.75 Å². The van der Waals surface area contributed by atoms with E-state index in [1.54, 1.807) is 13.2 Å². The molecule has 4 nitrogen and oxygen atoms in total. The smallest absolute Gasteiger partial charge is 0.128 e. The number of aromatic nitrogens is 1. The highest BCUT2D eigenvalue weighted by Crippen LogP contribution is 2.23. The number of hydrogen-bond acceptors (Lipinski definition) is 4. The first kappa shape index (κ1) is 12.3. The third-order valence-corrected chi connectivity index (χ3v) is 2.77. The van der Waals surface area contributed by atoms with Gasteiger partial charge in [0.25, 0.3) is 0 Å². The van der Waals surface area contributed by atoms with Gasteiger partial charge in [-0.05, 0) is 31.3 Å². The molecule has 2 rings (SSSR count). The summed E-state index contributed by atoms with van der Waals surface area (Å²) in [7, 11) is 1.77. The van der Waals surface area contributed by atoms with Crippen LogP contribution >= 0.6 is 0 Å². The number of rotatable bonds is 5. The zero-order chi connectivity index (χ0) is 12.8. The molecule has 0 aliphatic carbocycles. The Kier molecular flexibility index (Phi) is 4.11. The van der Waals surface area contributed by atoms with Gasteiger partial charge in [0, 0.05) is 18.0 Å². The van der Waals surface area contributed by atoms with Gasteiger partial charge in [0.15, 0.2) is 0 Å². The fourth-order valence-electron chi connectivity index (χ4n) is 1.76. The molecule has 1 unspecified atom stereocenters. The fourth-order valence-corrected chi connectivity index (χ4v) is 1.76. The molecule has 0 fully saturated rings. The summed E-state index contributed by atoms with van der Waals surface area (Å²) in [5, 5.41) is 12.7. The van der Waals surface area contributed by atoms with E-state index in [4.69, 9.17) is 10.00 Å². The maximum absolute atomic E-state index is 8.82. The van der Waals surface area contributed by atoms with Crippen LogP contribution in [0.2, 0.25) is 0 Å². The molecule has 0 aliphatic rings. The molecule has 0 amide bonds. The van der Waals surface area contributed by atoms with E-state index in [0.717, 1.165) is 16.7 Å². The predicted molar refractivity (Wildman–Crippen MR) is 70.3 cm³/mol. The largest absolute Gasteiger partial charge is 0.493 e. The van der Waals surface area contributed by atoms with E-state index in [-0.39, 0.29) is 6.04 Å². The molecule has 0 radical (unpaired) electrons. The van der Waals surface area contributed by atoms with Crippen molar-refractivity contribution in [2.75, 3.05) is 13.7 Å². The Balaban J connectivity index is 2.06. The van der Waals surface area contributed by atoms with Gasteiger partial charge in [-0.3, -0.25) is 4.98 Å². The Labute approximate surface area is 106 Å². The van der Waals surface area contributed by atoms with E-state index in [1.165, 1.54) is 0 Å². The topological polar surface area (TPSA) is 57.9 Å². The van der Waals surface area contributed by atoms with E-state index in [1.807, 2.05) is 30.3 Å². The number of benzene rings is 1. The average molecular weight is 241 g/mol. The monoisotopic (exact) mass is 241 g/mol. The molecule has 1 heterocycles. The van der Waals surface area contributed by atoms with E-state index < -0.39 is 0 Å². The summed E-state index contributed by atoms with van der Waals surface area (Å²) in [6.07, 6.45) is 2.42. The number of ether oxygens (including phenoxy) is 1. The summed E-state index contributed by atoms with van der Waals surface area (Å²) in [6.45, 7) is 0.507. The zero-order valence-corrected chi connectivity index (χ0v) is 10.3. The van der Waals surface area contributed by atoms with E-state index >= 15 is 0 Å². The van der Waals surface area contributed by atoms with Gasteiger partial charge in [0.2, 0.25) is 0 Å². The number of nitrogens with zero attached hydrogens (tertiary/aromatic N) is 2. The molecule has 0 aliphatic heterocycles. The normalized spacial score (nSPS) is 12.0. The minimum Gasteiger partial charge on any atom is -0.493 e. The second-order valence-electron chi connectivity index (χ2n) is 3.93. The van der Waals surface area contributed by atoms with Crippen LogP contribution in [0.3, 0.4) is 0 Å². The lowest BCUT2D eigenvalue weighted by Gasteiger charge is -2.11. The minimum absolute atomic E-state index is 0.168. The van der Waals surface area contributed by atoms with E-state index in [2.05, 4.69) is 16.4 Å². The number of nitrogens with one attached hydrogen (secondary N) is 1. The summed E-state index contributed by atoms with van der Waals surface area (Å²) < 4.78 is 5.72. The summed E-state index contributed by atoms with van der Waals surface area (Å²) >= 11 is 0. The highest BCUT2D eigenvalue weighted by molar-refractivity contribution is 5.84. The molecular weight excluding hydrogens is 226 g/mol. The Morgan fingerprint density at radius 1 is 1.39 bits per heavy atom. The van der Waals surface area contributed by atoms with Crippen molar-refractivity contribution >= 4 is 10.9 Å². The van der Waals surface area contributed by atoms with Gasteiger partial charge in [-0.2, -0.15) is 5.26 Å². The van der Waals surface area contributed by atoms with Crippen molar-refractivity contribution in [3.8, 4) is 11.8 Å². The Hall–Kier alpha value is -2.12. The van der Waals surface area contributed by atoms with E-state index in [9.17, 15) is 0 Å². The zero-order valence-electron chi connectivity index (χ0n) is 10.3. The van der Waals surface area contributed by atoms with Crippen molar-refractivity contribution in [1.29, 1.82) is 5.26 Å². The molecule has 1 aromatic heterocycles. The van der Waals surface area contributed by atoms with Crippen molar-refractivity contribution in [3.05, 3.63) is 36.5 Å². The van der Waals surface area contributed by atoms with Crippen LogP contribution in [-0.4, -0.2) is 24.7 Å². The third-order valence-electron chi connectivity index (χ3n) is 2.77. The van der Waals surface area contributed by atoms with Gasteiger partial charge >= 0.3 is 0 Å². The first-order valence-electron chi connectivity index (χ1n) is 5.88. The molecule has 92 valence electrons. The Bertz CT molecular complexity index is 557. The molecule has 0 saturated carbocycles. The molecule has 18 heavy (non-hydrogen) atoms. The number of pyridine rings is 1. The quantitative estimate of drug-likeness (QED) is 0.871. The molecule has 2 aromatic rings. The van der Waals surface area contributed by atoms with Crippen LogP contribution in [0, 0.1) is 11.3 Å². The number of hydrogen-bond donors (Lipinski definition) is 1. The Morgan fingerprint density at radius 2 is 2.28 bits per heavy atom. The summed E-state index contributed by atoms with van der Waals surface area (Å²) in [6, 6.07) is 11.7. The highest BCUT2D eigenvalue weighted by Gasteiger charge is 2.05. The molecule has 0 spiro atoms. The number of fused-ring (bicyclic) bond motifs is 1. The van der Waals surface area contributed by atoms with Crippen LogP contribution < -0.4 is 10.1 Å². The molecule has 0 bridgehead atoms. The maximum Gasteiger partial charge on any atom is 0.128 e. The molecule has 1 atom stereocenters. The lowest BCUT2D eigenvalue weighted by Crippen LogP contribution is -2.25. The predicted octanol–water partition coefficient (Wildman–Crippen LogP) is 2.12. The van der Waals surface area contributed by atoms with Crippen LogP contribution in [0.5, 0.6) is 5.75 Å². The second-order valence-corrected chi connectivity index (χ2v) is 3.93. The van der Waals surface area contributed by atoms with Gasteiger partial charge < -0.3 is 10.1 Å². The summed E-state index contributed by atoms with van der Waals surface area (Å²) in [4.78, 5) is 4.27. The van der Waals surface area contributed by atoms with Crippen molar-refractivity contribution in [3.63, 3.8) is 0 Å². The first-order valence-corrected chi connectivity index (χ1v) is 5.88. The van der Waals surface area contributed by atoms with Gasteiger partial charge in [-0.1, -0.05) is 6.07 Å². The fraction of sp³-hybridized carbons (Fsp3) is 0.286. The first-order chi connectivity index (χ1) is 8.85. The van der Waals surface area contributed by atoms with Gasteiger partial charge in [0.05, 0.1) is 24.2 Å². The molecule has 1 N–H and O–H groups in total. The minimum atomic E-state index is -0.168. The SMILES string of the molecule is CNC(C#N)CCOc1cccc2ncccc12. The van der Waals surface area contributed by atoms with Gasteiger partial charge in [-0.15, -0.1) is 0 Å². The van der Waals surface area contributed by atoms with Crippen LogP contribution in [0.4, 0.5) is 0 Å².